The Morgan fingerprint density at radius 1 is 0.944 bits per heavy atom. The van der Waals surface area contributed by atoms with Gasteiger partial charge in [0.15, 0.2) is 0 Å². The van der Waals surface area contributed by atoms with Crippen molar-refractivity contribution in [3.8, 4) is 11.1 Å². The molecule has 3 rings (SSSR count). The van der Waals surface area contributed by atoms with Crippen molar-refractivity contribution in [3.05, 3.63) is 84.6 Å². The summed E-state index contributed by atoms with van der Waals surface area (Å²) >= 11 is 0. The fourth-order valence-corrected chi connectivity index (χ4v) is 3.90. The summed E-state index contributed by atoms with van der Waals surface area (Å²) in [6, 6.07) is 18.3. The molecule has 0 aliphatic carbocycles. The van der Waals surface area contributed by atoms with Crippen molar-refractivity contribution in [2.75, 3.05) is 17.3 Å². The molecule has 2 aromatic carbocycles. The van der Waals surface area contributed by atoms with E-state index in [1.807, 2.05) is 35.8 Å². The Morgan fingerprint density at radius 2 is 1.58 bits per heavy atom. The average Bonchev–Trinajstić information content (AvgIpc) is 2.86. The van der Waals surface area contributed by atoms with Gasteiger partial charge in [0.05, 0.1) is 23.9 Å². The Kier molecular flexibility index (Phi) is 7.94. The number of pyridine rings is 1. The third-order valence-electron chi connectivity index (χ3n) is 4.59. The van der Waals surface area contributed by atoms with Crippen LogP contribution in [-0.4, -0.2) is 38.6 Å². The summed E-state index contributed by atoms with van der Waals surface area (Å²) in [5, 5.41) is 0. The summed E-state index contributed by atoms with van der Waals surface area (Å²) in [6.45, 7) is 0. The minimum Gasteiger partial charge on any atom is -0.465 e. The van der Waals surface area contributed by atoms with Gasteiger partial charge in [-0.15, -0.1) is 0 Å². The zero-order valence-corrected chi connectivity index (χ0v) is 19.4. The van der Waals surface area contributed by atoms with E-state index in [0.29, 0.717) is 0 Å². The van der Waals surface area contributed by atoms with E-state index in [0.717, 1.165) is 24.4 Å². The Hall–Kier alpha value is -4.39. The minimum atomic E-state index is -5.09. The summed E-state index contributed by atoms with van der Waals surface area (Å²) in [5.74, 6) is -3.03. The fourth-order valence-electron chi connectivity index (χ4n) is 2.86. The van der Waals surface area contributed by atoms with Crippen LogP contribution in [0, 0.1) is 0 Å². The number of amides is 1. The van der Waals surface area contributed by atoms with E-state index in [1.165, 1.54) is 24.3 Å². The van der Waals surface area contributed by atoms with E-state index in [-0.39, 0.29) is 22.5 Å². The van der Waals surface area contributed by atoms with Gasteiger partial charge in [0.2, 0.25) is 0 Å². The molecule has 1 heterocycles. The molecule has 36 heavy (non-hydrogen) atoms. The van der Waals surface area contributed by atoms with Crippen LogP contribution in [0.3, 0.4) is 0 Å². The van der Waals surface area contributed by atoms with Crippen molar-refractivity contribution in [2.24, 2.45) is 0 Å². The number of esters is 1. The van der Waals surface area contributed by atoms with Crippen LogP contribution in [0.4, 0.5) is 24.7 Å². The molecule has 1 amide bonds. The van der Waals surface area contributed by atoms with E-state index in [4.69, 9.17) is 0 Å². The molecule has 9 nitrogen and oxygen atoms in total. The molecule has 0 spiro atoms. The van der Waals surface area contributed by atoms with Gasteiger partial charge in [0.25, 0.3) is 15.9 Å². The lowest BCUT2D eigenvalue weighted by atomic mass is 10.1. The van der Waals surface area contributed by atoms with Gasteiger partial charge in [-0.2, -0.15) is 13.2 Å². The summed E-state index contributed by atoms with van der Waals surface area (Å²) in [6.07, 6.45) is -3.93. The molecular formula is C23H19F3N4O5S. The number of benzene rings is 2. The summed E-state index contributed by atoms with van der Waals surface area (Å²) in [5.41, 5.74) is 4.26. The number of methoxy groups -OCH3 is 1. The number of hydrogen-bond acceptors (Lipinski definition) is 7. The van der Waals surface area contributed by atoms with E-state index in [9.17, 15) is 31.2 Å². The Labute approximate surface area is 204 Å². The number of carbonyl (C=O) groups is 2. The maximum absolute atomic E-state index is 12.8. The first-order chi connectivity index (χ1) is 17.0. The first-order valence-corrected chi connectivity index (χ1v) is 11.6. The van der Waals surface area contributed by atoms with E-state index < -0.39 is 33.6 Å². The first kappa shape index (κ1) is 26.2. The Bertz CT molecular complexity index is 1360. The Balaban J connectivity index is 1.62. The number of nitrogens with one attached hydrogen (secondary N) is 3. The number of rotatable bonds is 8. The van der Waals surface area contributed by atoms with Crippen LogP contribution in [0.1, 0.15) is 0 Å². The van der Waals surface area contributed by atoms with Crippen LogP contribution in [0.15, 0.2) is 89.5 Å². The topological polar surface area (TPSA) is 126 Å². The highest BCUT2D eigenvalue weighted by Gasteiger charge is 2.40. The van der Waals surface area contributed by atoms with Crippen molar-refractivity contribution in [3.63, 3.8) is 0 Å². The van der Waals surface area contributed by atoms with Gasteiger partial charge in [-0.25, -0.2) is 18.2 Å². The summed E-state index contributed by atoms with van der Waals surface area (Å²) < 4.78 is 70.2. The predicted octanol–water partition coefficient (Wildman–Crippen LogP) is 3.65. The molecule has 0 fully saturated rings. The molecule has 188 valence electrons. The molecule has 0 bridgehead atoms. The molecule has 1 aromatic heterocycles. The minimum absolute atomic E-state index is 0.0152. The number of halogens is 3. The highest BCUT2D eigenvalue weighted by molar-refractivity contribution is 7.92. The second-order valence-electron chi connectivity index (χ2n) is 7.09. The number of aromatic nitrogens is 1. The average molecular weight is 520 g/mol. The standard InChI is InChI=1S/C23H19F3N4O5S/c1-35-22(32)19(23(24,25)26)13-21(31)29-28-20-12-9-17(14-27-20)30-36(33,34)18-10-7-16(8-11-18)15-5-3-2-4-6-15/h2-14,30H,1H3,(H,27,28)(H,29,31)/b19-13+. The predicted molar refractivity (Wildman–Crippen MR) is 125 cm³/mol. The number of alkyl halides is 3. The van der Waals surface area contributed by atoms with Crippen molar-refractivity contribution in [1.29, 1.82) is 0 Å². The molecule has 0 saturated carbocycles. The lowest BCUT2D eigenvalue weighted by molar-refractivity contribution is -0.148. The number of nitrogens with zero attached hydrogens (tertiary/aromatic N) is 1. The largest absolute Gasteiger partial charge is 0.465 e. The van der Waals surface area contributed by atoms with Crippen molar-refractivity contribution < 1.29 is 35.9 Å². The zero-order valence-electron chi connectivity index (χ0n) is 18.5. The van der Waals surface area contributed by atoms with Crippen molar-refractivity contribution in [2.45, 2.75) is 11.1 Å². The van der Waals surface area contributed by atoms with Gasteiger partial charge in [-0.3, -0.25) is 20.4 Å². The molecule has 0 unspecified atom stereocenters. The van der Waals surface area contributed by atoms with Crippen molar-refractivity contribution >= 4 is 33.4 Å². The van der Waals surface area contributed by atoms with Crippen LogP contribution >= 0.6 is 0 Å². The van der Waals surface area contributed by atoms with Crippen LogP contribution in [0.5, 0.6) is 0 Å². The number of hydrazine groups is 1. The quantitative estimate of drug-likeness (QED) is 0.235. The van der Waals surface area contributed by atoms with Gasteiger partial charge >= 0.3 is 12.1 Å². The smallest absolute Gasteiger partial charge is 0.423 e. The highest BCUT2D eigenvalue weighted by atomic mass is 32.2. The molecule has 13 heteroatoms. The molecule has 3 N–H and O–H groups in total. The molecule has 0 aliphatic heterocycles. The molecule has 0 radical (unpaired) electrons. The van der Waals surface area contributed by atoms with Gasteiger partial charge < -0.3 is 4.74 Å². The highest BCUT2D eigenvalue weighted by Crippen LogP contribution is 2.26. The third kappa shape index (κ3) is 6.82. The fraction of sp³-hybridized carbons (Fsp3) is 0.0870. The Morgan fingerprint density at radius 3 is 2.14 bits per heavy atom. The van der Waals surface area contributed by atoms with E-state index >= 15 is 0 Å². The SMILES string of the molecule is COC(=O)/C(=C\C(=O)NNc1ccc(NS(=O)(=O)c2ccc(-c3ccccc3)cc2)cn1)C(F)(F)F. The van der Waals surface area contributed by atoms with Gasteiger partial charge in [-0.1, -0.05) is 42.5 Å². The summed E-state index contributed by atoms with van der Waals surface area (Å²) in [4.78, 5) is 26.9. The molecule has 0 atom stereocenters. The lowest BCUT2D eigenvalue weighted by Crippen LogP contribution is -2.31. The van der Waals surface area contributed by atoms with Gasteiger partial charge in [-0.05, 0) is 35.4 Å². The summed E-state index contributed by atoms with van der Waals surface area (Å²) in [7, 11) is -3.18. The normalized spacial score (nSPS) is 11.9. The van der Waals surface area contributed by atoms with Crippen molar-refractivity contribution in [1.82, 2.24) is 10.4 Å². The number of sulfonamides is 1. The third-order valence-corrected chi connectivity index (χ3v) is 5.98. The van der Waals surface area contributed by atoms with Gasteiger partial charge in [0, 0.05) is 6.08 Å². The van der Waals surface area contributed by atoms with Crippen LogP contribution in [0.2, 0.25) is 0 Å². The van der Waals surface area contributed by atoms with E-state index in [2.05, 4.69) is 19.9 Å². The lowest BCUT2D eigenvalue weighted by Gasteiger charge is -2.11. The number of anilines is 2. The maximum atomic E-state index is 12.8. The molecule has 3 aromatic rings. The number of carbonyl (C=O) groups excluding carboxylic acids is 2. The van der Waals surface area contributed by atoms with Crippen LogP contribution in [0.25, 0.3) is 11.1 Å². The molecule has 0 aliphatic rings. The maximum Gasteiger partial charge on any atom is 0.423 e. The van der Waals surface area contributed by atoms with Crippen LogP contribution < -0.4 is 15.6 Å². The first-order valence-electron chi connectivity index (χ1n) is 10.1. The van der Waals surface area contributed by atoms with Gasteiger partial charge in [0.1, 0.15) is 11.4 Å². The van der Waals surface area contributed by atoms with Crippen LogP contribution in [-0.2, 0) is 24.3 Å². The van der Waals surface area contributed by atoms with E-state index in [1.54, 1.807) is 12.1 Å². The second-order valence-corrected chi connectivity index (χ2v) is 8.77. The monoisotopic (exact) mass is 520 g/mol. The number of ether oxygens (including phenoxy) is 1. The number of hydrogen-bond donors (Lipinski definition) is 3. The second kappa shape index (κ2) is 10.9. The molecular weight excluding hydrogens is 501 g/mol. The molecule has 0 saturated heterocycles. The zero-order chi connectivity index (χ0) is 26.3.